The Morgan fingerprint density at radius 2 is 1.62 bits per heavy atom. The fourth-order valence-corrected chi connectivity index (χ4v) is 4.37. The van der Waals surface area contributed by atoms with Crippen LogP contribution in [-0.4, -0.2) is 56.7 Å². The van der Waals surface area contributed by atoms with E-state index in [4.69, 9.17) is 18.9 Å². The van der Waals surface area contributed by atoms with E-state index < -0.39 is 23.9 Å². The van der Waals surface area contributed by atoms with E-state index in [9.17, 15) is 14.4 Å². The first-order valence-electron chi connectivity index (χ1n) is 12.4. The second-order valence-corrected chi connectivity index (χ2v) is 8.70. The first-order valence-corrected chi connectivity index (χ1v) is 12.4. The summed E-state index contributed by atoms with van der Waals surface area (Å²) >= 11 is 0. The van der Waals surface area contributed by atoms with Crippen LogP contribution < -0.4 is 29.2 Å². The molecule has 3 aromatic rings. The van der Waals surface area contributed by atoms with Crippen LogP contribution in [0.15, 0.2) is 66.7 Å². The topological polar surface area (TPSA) is 107 Å². The van der Waals surface area contributed by atoms with Gasteiger partial charge in [0.25, 0.3) is 5.91 Å². The highest BCUT2D eigenvalue weighted by Gasteiger charge is 2.46. The SMILES string of the molecule is CCOc1ccc(NC(=O)C[C@@H]2C(=O)N(c3cccc(OC)c3)C(=O)N2Cc2ccc(OC)c(OC)c2)cc1. The molecule has 0 aromatic heterocycles. The first kappa shape index (κ1) is 27.3. The van der Waals surface area contributed by atoms with Crippen molar-refractivity contribution >= 4 is 29.2 Å². The third-order valence-corrected chi connectivity index (χ3v) is 6.26. The van der Waals surface area contributed by atoms with Crippen molar-refractivity contribution in [1.82, 2.24) is 4.90 Å². The van der Waals surface area contributed by atoms with Crippen LogP contribution in [0, 0.1) is 0 Å². The largest absolute Gasteiger partial charge is 0.497 e. The molecule has 1 N–H and O–H groups in total. The Bertz CT molecular complexity index is 1340. The molecule has 4 amide bonds. The molecule has 0 saturated carbocycles. The summed E-state index contributed by atoms with van der Waals surface area (Å²) in [5.74, 6) is 1.29. The molecule has 1 atom stereocenters. The van der Waals surface area contributed by atoms with Crippen molar-refractivity contribution in [2.45, 2.75) is 25.9 Å². The summed E-state index contributed by atoms with van der Waals surface area (Å²) in [6, 6.07) is 17.3. The van der Waals surface area contributed by atoms with Crippen LogP contribution in [0.2, 0.25) is 0 Å². The molecule has 39 heavy (non-hydrogen) atoms. The number of nitrogens with zero attached hydrogens (tertiary/aromatic N) is 2. The fourth-order valence-electron chi connectivity index (χ4n) is 4.37. The number of imide groups is 1. The normalized spacial score (nSPS) is 14.8. The Labute approximate surface area is 227 Å². The van der Waals surface area contributed by atoms with Gasteiger partial charge in [0.15, 0.2) is 11.5 Å². The lowest BCUT2D eigenvalue weighted by Gasteiger charge is -2.22. The summed E-state index contributed by atoms with van der Waals surface area (Å²) in [6.45, 7) is 2.49. The van der Waals surface area contributed by atoms with E-state index >= 15 is 0 Å². The monoisotopic (exact) mass is 533 g/mol. The van der Waals surface area contributed by atoms with E-state index in [2.05, 4.69) is 5.32 Å². The molecule has 0 spiro atoms. The lowest BCUT2D eigenvalue weighted by Crippen LogP contribution is -2.37. The number of carbonyl (C=O) groups is 3. The summed E-state index contributed by atoms with van der Waals surface area (Å²) in [5, 5.41) is 2.80. The van der Waals surface area contributed by atoms with Gasteiger partial charge in [-0.3, -0.25) is 9.59 Å². The van der Waals surface area contributed by atoms with Crippen molar-refractivity contribution < 1.29 is 33.3 Å². The standard InChI is InChI=1S/C29H31N3O7/c1-5-39-22-12-10-20(11-13-22)30-27(33)17-24-28(34)32(21-7-6-8-23(16-21)36-2)29(35)31(24)18-19-9-14-25(37-3)26(15-19)38-4/h6-16,24H,5,17-18H2,1-4H3,(H,30,33)/t24-/m1/s1. The Morgan fingerprint density at radius 3 is 2.28 bits per heavy atom. The van der Waals surface area contributed by atoms with Gasteiger partial charge in [0, 0.05) is 18.3 Å². The Hall–Kier alpha value is -4.73. The van der Waals surface area contributed by atoms with Gasteiger partial charge < -0.3 is 29.2 Å². The number of nitrogens with one attached hydrogen (secondary N) is 1. The summed E-state index contributed by atoms with van der Waals surface area (Å²) in [6.07, 6.45) is -0.231. The highest BCUT2D eigenvalue weighted by molar-refractivity contribution is 6.22. The number of anilines is 2. The molecular formula is C29H31N3O7. The molecular weight excluding hydrogens is 502 g/mol. The second kappa shape index (κ2) is 12.2. The summed E-state index contributed by atoms with van der Waals surface area (Å²) in [7, 11) is 4.56. The lowest BCUT2D eigenvalue weighted by atomic mass is 10.1. The van der Waals surface area contributed by atoms with Crippen molar-refractivity contribution in [2.75, 3.05) is 38.2 Å². The van der Waals surface area contributed by atoms with E-state index in [-0.39, 0.29) is 13.0 Å². The molecule has 204 valence electrons. The summed E-state index contributed by atoms with van der Waals surface area (Å²) in [4.78, 5) is 42.8. The van der Waals surface area contributed by atoms with E-state index in [0.717, 1.165) is 4.90 Å². The molecule has 1 fully saturated rings. The van der Waals surface area contributed by atoms with Gasteiger partial charge in [-0.05, 0) is 61.0 Å². The Morgan fingerprint density at radius 1 is 0.872 bits per heavy atom. The number of rotatable bonds is 11. The third kappa shape index (κ3) is 6.06. The molecule has 4 rings (SSSR count). The number of carbonyl (C=O) groups excluding carboxylic acids is 3. The number of benzene rings is 3. The van der Waals surface area contributed by atoms with Crippen molar-refractivity contribution in [2.24, 2.45) is 0 Å². The van der Waals surface area contributed by atoms with Crippen LogP contribution in [0.3, 0.4) is 0 Å². The Balaban J connectivity index is 1.61. The van der Waals surface area contributed by atoms with Gasteiger partial charge in [-0.25, -0.2) is 9.69 Å². The first-order chi connectivity index (χ1) is 18.9. The second-order valence-electron chi connectivity index (χ2n) is 8.70. The summed E-state index contributed by atoms with van der Waals surface area (Å²) in [5.41, 5.74) is 1.62. The minimum Gasteiger partial charge on any atom is -0.497 e. The highest BCUT2D eigenvalue weighted by Crippen LogP contribution is 2.33. The number of hydrogen-bond acceptors (Lipinski definition) is 7. The van der Waals surface area contributed by atoms with Gasteiger partial charge in [-0.15, -0.1) is 0 Å². The average Bonchev–Trinajstić information content (AvgIpc) is 3.17. The van der Waals surface area contributed by atoms with Crippen molar-refractivity contribution in [3.8, 4) is 23.0 Å². The molecule has 1 saturated heterocycles. The maximum Gasteiger partial charge on any atom is 0.332 e. The van der Waals surface area contributed by atoms with E-state index in [1.165, 1.54) is 26.2 Å². The predicted octanol–water partition coefficient (Wildman–Crippen LogP) is 4.48. The zero-order valence-electron chi connectivity index (χ0n) is 22.3. The van der Waals surface area contributed by atoms with E-state index in [0.29, 0.717) is 46.5 Å². The molecule has 10 nitrogen and oxygen atoms in total. The van der Waals surface area contributed by atoms with Gasteiger partial charge in [0.05, 0.1) is 40.0 Å². The third-order valence-electron chi connectivity index (χ3n) is 6.26. The molecule has 3 aromatic carbocycles. The van der Waals surface area contributed by atoms with Crippen molar-refractivity contribution in [3.63, 3.8) is 0 Å². The predicted molar refractivity (Wildman–Crippen MR) is 146 cm³/mol. The van der Waals surface area contributed by atoms with E-state index in [1.54, 1.807) is 66.7 Å². The number of ether oxygens (including phenoxy) is 4. The van der Waals surface area contributed by atoms with Crippen LogP contribution >= 0.6 is 0 Å². The minimum absolute atomic E-state index is 0.0758. The minimum atomic E-state index is -1.03. The maximum absolute atomic E-state index is 13.6. The van der Waals surface area contributed by atoms with Crippen LogP contribution in [-0.2, 0) is 16.1 Å². The van der Waals surface area contributed by atoms with Crippen molar-refractivity contribution in [3.05, 3.63) is 72.3 Å². The number of methoxy groups -OCH3 is 3. The number of hydrogen-bond donors (Lipinski definition) is 1. The van der Waals surface area contributed by atoms with Gasteiger partial charge in [-0.2, -0.15) is 0 Å². The summed E-state index contributed by atoms with van der Waals surface area (Å²) < 4.78 is 21.4. The van der Waals surface area contributed by atoms with Crippen molar-refractivity contribution in [1.29, 1.82) is 0 Å². The molecule has 0 radical (unpaired) electrons. The van der Waals surface area contributed by atoms with Crippen LogP contribution in [0.1, 0.15) is 18.9 Å². The van der Waals surface area contributed by atoms with Gasteiger partial charge >= 0.3 is 6.03 Å². The molecule has 1 aliphatic rings. The zero-order valence-corrected chi connectivity index (χ0v) is 22.3. The van der Waals surface area contributed by atoms with E-state index in [1.807, 2.05) is 6.92 Å². The fraction of sp³-hybridized carbons (Fsp3) is 0.276. The Kier molecular flexibility index (Phi) is 8.55. The number of amides is 4. The van der Waals surface area contributed by atoms with Crippen LogP contribution in [0.25, 0.3) is 0 Å². The van der Waals surface area contributed by atoms with Gasteiger partial charge in [0.1, 0.15) is 17.5 Å². The zero-order chi connectivity index (χ0) is 27.9. The van der Waals surface area contributed by atoms with Crippen LogP contribution in [0.4, 0.5) is 16.2 Å². The average molecular weight is 534 g/mol. The van der Waals surface area contributed by atoms with Gasteiger partial charge in [-0.1, -0.05) is 12.1 Å². The lowest BCUT2D eigenvalue weighted by molar-refractivity contribution is -0.124. The van der Waals surface area contributed by atoms with Crippen LogP contribution in [0.5, 0.6) is 23.0 Å². The molecule has 0 aliphatic carbocycles. The smallest absolute Gasteiger partial charge is 0.332 e. The molecule has 10 heteroatoms. The molecule has 0 bridgehead atoms. The molecule has 0 unspecified atom stereocenters. The quantitative estimate of drug-likeness (QED) is 0.362. The molecule has 1 aliphatic heterocycles. The number of urea groups is 1. The maximum atomic E-state index is 13.6. The van der Waals surface area contributed by atoms with Gasteiger partial charge in [0.2, 0.25) is 5.91 Å². The highest BCUT2D eigenvalue weighted by atomic mass is 16.5. The molecule has 1 heterocycles.